The maximum atomic E-state index is 5.94. The lowest BCUT2D eigenvalue weighted by atomic mass is 10.1. The molecule has 154 valence electrons. The molecule has 0 aromatic carbocycles. The van der Waals surface area contributed by atoms with E-state index >= 15 is 0 Å². The lowest BCUT2D eigenvalue weighted by Gasteiger charge is -2.18. The summed E-state index contributed by atoms with van der Waals surface area (Å²) in [5.41, 5.74) is 0. The number of ether oxygens (including phenoxy) is 2. The van der Waals surface area contributed by atoms with Gasteiger partial charge in [0, 0.05) is 0 Å². The first-order valence-electron chi connectivity index (χ1n) is 11.2. The van der Waals surface area contributed by atoms with Crippen LogP contribution in [0.3, 0.4) is 0 Å². The second-order valence-corrected chi connectivity index (χ2v) is 7.71. The molecule has 0 bridgehead atoms. The fourth-order valence-corrected chi connectivity index (χ4v) is 2.76. The molecule has 0 radical (unpaired) electrons. The van der Waals surface area contributed by atoms with E-state index in [4.69, 9.17) is 9.47 Å². The van der Waals surface area contributed by atoms with Crippen LogP contribution in [0.4, 0.5) is 0 Å². The van der Waals surface area contributed by atoms with Crippen molar-refractivity contribution >= 4 is 0 Å². The van der Waals surface area contributed by atoms with Crippen LogP contribution < -0.4 is 0 Å². The maximum Gasteiger partial charge on any atom is 0.158 e. The van der Waals surface area contributed by atoms with E-state index in [1.54, 1.807) is 0 Å². The molecule has 0 heterocycles. The third kappa shape index (κ3) is 19.7. The molecule has 0 saturated carbocycles. The maximum absolute atomic E-state index is 5.94. The Morgan fingerprint density at radius 2 is 1.12 bits per heavy atom. The van der Waals surface area contributed by atoms with E-state index < -0.39 is 0 Å². The van der Waals surface area contributed by atoms with Gasteiger partial charge in [-0.15, -0.1) is 0 Å². The minimum absolute atomic E-state index is 0.0770. The second kappa shape index (κ2) is 20.7. The first-order chi connectivity index (χ1) is 12.7. The van der Waals surface area contributed by atoms with E-state index in [1.165, 1.54) is 64.2 Å². The number of hydrogen-bond acceptors (Lipinski definition) is 2. The molecule has 0 unspecified atom stereocenters. The minimum atomic E-state index is -0.0770. The van der Waals surface area contributed by atoms with Crippen LogP contribution in [0.2, 0.25) is 0 Å². The number of rotatable bonds is 19. The van der Waals surface area contributed by atoms with Crippen LogP contribution in [0.15, 0.2) is 24.3 Å². The van der Waals surface area contributed by atoms with Crippen molar-refractivity contribution in [2.24, 2.45) is 5.92 Å². The molecule has 0 spiro atoms. The monoisotopic (exact) mass is 366 g/mol. The highest BCUT2D eigenvalue weighted by Gasteiger charge is 2.09. The van der Waals surface area contributed by atoms with Crippen LogP contribution in [-0.4, -0.2) is 19.5 Å². The van der Waals surface area contributed by atoms with Crippen LogP contribution in [0.25, 0.3) is 0 Å². The third-order valence-electron chi connectivity index (χ3n) is 4.52. The fraction of sp³-hybridized carbons (Fsp3) is 0.833. The lowest BCUT2D eigenvalue weighted by molar-refractivity contribution is -0.132. The highest BCUT2D eigenvalue weighted by Crippen LogP contribution is 2.11. The largest absolute Gasteiger partial charge is 0.349 e. The van der Waals surface area contributed by atoms with Crippen molar-refractivity contribution < 1.29 is 9.47 Å². The van der Waals surface area contributed by atoms with Gasteiger partial charge in [0.2, 0.25) is 0 Å². The molecule has 0 amide bonds. The predicted octanol–water partition coefficient (Wildman–Crippen LogP) is 7.84. The predicted molar refractivity (Wildman–Crippen MR) is 116 cm³/mol. The Morgan fingerprint density at radius 3 is 1.54 bits per heavy atom. The Kier molecular flexibility index (Phi) is 20.2. The van der Waals surface area contributed by atoms with Crippen molar-refractivity contribution in [3.05, 3.63) is 24.3 Å². The Bertz CT molecular complexity index is 294. The zero-order valence-electron chi connectivity index (χ0n) is 18.2. The molecule has 2 heteroatoms. The summed E-state index contributed by atoms with van der Waals surface area (Å²) in [7, 11) is 0. The van der Waals surface area contributed by atoms with Gasteiger partial charge in [0.25, 0.3) is 0 Å². The van der Waals surface area contributed by atoms with Gasteiger partial charge >= 0.3 is 0 Å². The number of unbranched alkanes of at least 4 members (excludes halogenated alkanes) is 8. The summed E-state index contributed by atoms with van der Waals surface area (Å²) < 4.78 is 11.9. The molecule has 0 N–H and O–H groups in total. The average Bonchev–Trinajstić information content (AvgIpc) is 2.63. The van der Waals surface area contributed by atoms with Gasteiger partial charge < -0.3 is 9.47 Å². The molecule has 0 aliphatic heterocycles. The van der Waals surface area contributed by atoms with E-state index in [0.717, 1.165) is 12.8 Å². The van der Waals surface area contributed by atoms with E-state index in [9.17, 15) is 0 Å². The van der Waals surface area contributed by atoms with Crippen molar-refractivity contribution in [3.8, 4) is 0 Å². The molecule has 0 atom stereocenters. The van der Waals surface area contributed by atoms with Gasteiger partial charge in [-0.25, -0.2) is 0 Å². The summed E-state index contributed by atoms with van der Waals surface area (Å²) in [5.74, 6) is 0.688. The molecule has 0 aliphatic rings. The molecule has 0 fully saturated rings. The van der Waals surface area contributed by atoms with E-state index in [2.05, 4.69) is 52.0 Å². The van der Waals surface area contributed by atoms with Gasteiger partial charge in [0.05, 0.1) is 13.2 Å². The highest BCUT2D eigenvalue weighted by atomic mass is 16.7. The molecular weight excluding hydrogens is 320 g/mol. The Morgan fingerprint density at radius 1 is 0.615 bits per heavy atom. The standard InChI is InChI=1S/C24H46O2/c1-5-7-9-11-13-15-17-21-25-24(20-19-23(3)4)26-22-18-16-14-12-10-8-6-2/h15-18,23-24H,5-14,19-22H2,1-4H3/b17-15-,18-16-. The summed E-state index contributed by atoms with van der Waals surface area (Å²) in [6.07, 6.45) is 23.8. The summed E-state index contributed by atoms with van der Waals surface area (Å²) >= 11 is 0. The van der Waals surface area contributed by atoms with Gasteiger partial charge in [0.1, 0.15) is 0 Å². The minimum Gasteiger partial charge on any atom is -0.349 e. The van der Waals surface area contributed by atoms with Crippen molar-refractivity contribution in [1.29, 1.82) is 0 Å². The molecule has 0 aromatic heterocycles. The van der Waals surface area contributed by atoms with E-state index in [0.29, 0.717) is 19.1 Å². The van der Waals surface area contributed by atoms with Gasteiger partial charge in [-0.3, -0.25) is 0 Å². The van der Waals surface area contributed by atoms with Crippen LogP contribution in [-0.2, 0) is 9.47 Å². The van der Waals surface area contributed by atoms with Crippen LogP contribution >= 0.6 is 0 Å². The zero-order valence-corrected chi connectivity index (χ0v) is 18.2. The van der Waals surface area contributed by atoms with Crippen molar-refractivity contribution in [1.82, 2.24) is 0 Å². The molecule has 26 heavy (non-hydrogen) atoms. The summed E-state index contributed by atoms with van der Waals surface area (Å²) in [4.78, 5) is 0. The quantitative estimate of drug-likeness (QED) is 0.132. The van der Waals surface area contributed by atoms with E-state index in [1.807, 2.05) is 0 Å². The van der Waals surface area contributed by atoms with Crippen LogP contribution in [0.5, 0.6) is 0 Å². The van der Waals surface area contributed by atoms with Crippen LogP contribution in [0, 0.1) is 5.92 Å². The molecule has 0 aliphatic carbocycles. The second-order valence-electron chi connectivity index (χ2n) is 7.71. The van der Waals surface area contributed by atoms with Crippen molar-refractivity contribution in [2.45, 2.75) is 111 Å². The van der Waals surface area contributed by atoms with Crippen molar-refractivity contribution in [2.75, 3.05) is 13.2 Å². The normalized spacial score (nSPS) is 12.4. The summed E-state index contributed by atoms with van der Waals surface area (Å²) in [6, 6.07) is 0. The molecule has 2 nitrogen and oxygen atoms in total. The van der Waals surface area contributed by atoms with Gasteiger partial charge in [0.15, 0.2) is 6.29 Å². The fourth-order valence-electron chi connectivity index (χ4n) is 2.76. The molecule has 0 rings (SSSR count). The first-order valence-corrected chi connectivity index (χ1v) is 11.2. The van der Waals surface area contributed by atoms with Crippen LogP contribution in [0.1, 0.15) is 105 Å². The SMILES string of the molecule is CCCCCC/C=C\COC(CCC(C)C)OC/C=C\CCCCCC. The molecule has 0 aromatic rings. The van der Waals surface area contributed by atoms with Crippen molar-refractivity contribution in [3.63, 3.8) is 0 Å². The number of hydrogen-bond donors (Lipinski definition) is 0. The summed E-state index contributed by atoms with van der Waals surface area (Å²) in [6.45, 7) is 10.3. The van der Waals surface area contributed by atoms with Gasteiger partial charge in [-0.05, 0) is 44.4 Å². The van der Waals surface area contributed by atoms with Gasteiger partial charge in [-0.2, -0.15) is 0 Å². The Hall–Kier alpha value is -0.600. The smallest absolute Gasteiger partial charge is 0.158 e. The van der Waals surface area contributed by atoms with E-state index in [-0.39, 0.29) is 6.29 Å². The number of allylic oxidation sites excluding steroid dienone is 2. The Labute approximate surface area is 164 Å². The summed E-state index contributed by atoms with van der Waals surface area (Å²) in [5, 5.41) is 0. The topological polar surface area (TPSA) is 18.5 Å². The lowest BCUT2D eigenvalue weighted by Crippen LogP contribution is -2.18. The third-order valence-corrected chi connectivity index (χ3v) is 4.52. The average molecular weight is 367 g/mol. The Balaban J connectivity index is 3.89. The zero-order chi connectivity index (χ0) is 19.3. The first kappa shape index (κ1) is 25.4. The van der Waals surface area contributed by atoms with Gasteiger partial charge in [-0.1, -0.05) is 90.5 Å². The molecule has 0 saturated heterocycles. The molecular formula is C24H46O2. The highest BCUT2D eigenvalue weighted by molar-refractivity contribution is 4.82.